The topological polar surface area (TPSA) is 85.9 Å². The number of nitrogens with one attached hydrogen (secondary N) is 2. The summed E-state index contributed by atoms with van der Waals surface area (Å²) in [6, 6.07) is 4.11. The van der Waals surface area contributed by atoms with Gasteiger partial charge in [0.15, 0.2) is 0 Å². The summed E-state index contributed by atoms with van der Waals surface area (Å²) in [5.74, 6) is -3.68. The summed E-state index contributed by atoms with van der Waals surface area (Å²) in [4.78, 5) is 21.2. The lowest BCUT2D eigenvalue weighted by atomic mass is 10.2. The van der Waals surface area contributed by atoms with Crippen LogP contribution in [0.5, 0.6) is 0 Å². The first kappa shape index (κ1) is 18.3. The molecule has 0 aliphatic carbocycles. The van der Waals surface area contributed by atoms with Crippen LogP contribution in [0, 0.1) is 17.5 Å². The minimum absolute atomic E-state index is 0.0926. The fraction of sp³-hybridized carbons (Fsp3) is 0. The number of halogens is 5. The summed E-state index contributed by atoms with van der Waals surface area (Å²) in [5, 5.41) is 13.7. The molecule has 1 heterocycles. The van der Waals surface area contributed by atoms with Crippen molar-refractivity contribution in [2.75, 3.05) is 0 Å². The fourth-order valence-electron chi connectivity index (χ4n) is 1.72. The van der Waals surface area contributed by atoms with Crippen LogP contribution in [0.1, 0.15) is 10.4 Å². The average molecular weight is 468 g/mol. The lowest BCUT2D eigenvalue weighted by molar-refractivity contribution is 0.0691. The van der Waals surface area contributed by atoms with E-state index >= 15 is 0 Å². The SMILES string of the molecule is O=C(O)c1cc(F)c(Br)cc1F.O=c1[nH][nH]c2cc(Br)c(F)cc12. The monoisotopic (exact) mass is 466 g/mol. The highest BCUT2D eigenvalue weighted by atomic mass is 79.9. The number of benzene rings is 2. The molecule has 3 aromatic rings. The first-order valence-corrected chi connectivity index (χ1v) is 7.72. The number of hydrogen-bond acceptors (Lipinski definition) is 2. The van der Waals surface area contributed by atoms with Crippen LogP contribution < -0.4 is 5.56 Å². The number of aromatic amines is 2. The van der Waals surface area contributed by atoms with Crippen molar-refractivity contribution in [3.05, 3.63) is 66.6 Å². The summed E-state index contributed by atoms with van der Waals surface area (Å²) < 4.78 is 38.5. The molecule has 126 valence electrons. The van der Waals surface area contributed by atoms with E-state index in [0.717, 1.165) is 6.07 Å². The molecule has 0 spiro atoms. The maximum atomic E-state index is 12.9. The Morgan fingerprint density at radius 2 is 1.50 bits per heavy atom. The van der Waals surface area contributed by atoms with Gasteiger partial charge in [0.2, 0.25) is 0 Å². The van der Waals surface area contributed by atoms with Crippen LogP contribution in [0.15, 0.2) is 38.0 Å². The highest BCUT2D eigenvalue weighted by Crippen LogP contribution is 2.20. The molecule has 1 aromatic heterocycles. The number of carbonyl (C=O) groups is 1. The molecule has 0 radical (unpaired) electrons. The highest BCUT2D eigenvalue weighted by Gasteiger charge is 2.13. The predicted molar refractivity (Wildman–Crippen MR) is 87.6 cm³/mol. The van der Waals surface area contributed by atoms with Crippen molar-refractivity contribution < 1.29 is 23.1 Å². The van der Waals surface area contributed by atoms with Gasteiger partial charge in [-0.3, -0.25) is 15.0 Å². The fourth-order valence-corrected chi connectivity index (χ4v) is 2.37. The van der Waals surface area contributed by atoms with E-state index in [1.807, 2.05) is 0 Å². The van der Waals surface area contributed by atoms with Gasteiger partial charge in [0.25, 0.3) is 5.56 Å². The lowest BCUT2D eigenvalue weighted by Gasteiger charge is -1.98. The van der Waals surface area contributed by atoms with Gasteiger partial charge in [-0.15, -0.1) is 0 Å². The van der Waals surface area contributed by atoms with Gasteiger partial charge in [-0.1, -0.05) is 0 Å². The van der Waals surface area contributed by atoms with Crippen molar-refractivity contribution in [3.63, 3.8) is 0 Å². The van der Waals surface area contributed by atoms with Crippen LogP contribution in [-0.2, 0) is 0 Å². The maximum Gasteiger partial charge on any atom is 0.338 e. The first-order valence-electron chi connectivity index (χ1n) is 6.14. The standard InChI is InChI=1S/C7H3BrF2O2.C7H4BrFN2O/c8-4-2-5(9)3(7(11)12)1-6(4)10;8-4-2-6-3(1-5(4)9)7(12)11-10-6/h1-2H,(H,11,12);1-2H,(H2,10,11,12). The largest absolute Gasteiger partial charge is 0.478 e. The number of fused-ring (bicyclic) bond motifs is 1. The van der Waals surface area contributed by atoms with Crippen LogP contribution >= 0.6 is 31.9 Å². The summed E-state index contributed by atoms with van der Waals surface area (Å²) in [7, 11) is 0. The molecule has 3 N–H and O–H groups in total. The van der Waals surface area contributed by atoms with Crippen molar-refractivity contribution in [2.24, 2.45) is 0 Å². The Bertz CT molecular complexity index is 985. The lowest BCUT2D eigenvalue weighted by Crippen LogP contribution is -2.01. The van der Waals surface area contributed by atoms with Crippen LogP contribution in [-0.4, -0.2) is 21.3 Å². The van der Waals surface area contributed by atoms with E-state index < -0.39 is 29.0 Å². The van der Waals surface area contributed by atoms with Crippen molar-refractivity contribution in [3.8, 4) is 0 Å². The molecular weight excluding hydrogens is 461 g/mol. The van der Waals surface area contributed by atoms with Crippen molar-refractivity contribution in [2.45, 2.75) is 0 Å². The molecular formula is C14H7Br2F3N2O3. The number of rotatable bonds is 1. The zero-order valence-corrected chi connectivity index (χ0v) is 14.6. The molecule has 0 aliphatic heterocycles. The molecule has 0 unspecified atom stereocenters. The Balaban J connectivity index is 0.000000174. The zero-order chi connectivity index (χ0) is 18.0. The first-order chi connectivity index (χ1) is 11.2. The van der Waals surface area contributed by atoms with E-state index in [1.54, 1.807) is 0 Å². The quantitative estimate of drug-likeness (QED) is 0.469. The molecule has 0 fully saturated rings. The van der Waals surface area contributed by atoms with E-state index in [2.05, 4.69) is 42.1 Å². The molecule has 0 saturated heterocycles. The van der Waals surface area contributed by atoms with Gasteiger partial charge in [-0.2, -0.15) is 0 Å². The van der Waals surface area contributed by atoms with Gasteiger partial charge >= 0.3 is 5.97 Å². The van der Waals surface area contributed by atoms with E-state index in [1.165, 1.54) is 12.1 Å². The third-order valence-corrected chi connectivity index (χ3v) is 4.07. The predicted octanol–water partition coefficient (Wildman–Crippen LogP) is 4.18. The Morgan fingerprint density at radius 1 is 0.917 bits per heavy atom. The Kier molecular flexibility index (Phi) is 5.50. The molecule has 0 amide bonds. The van der Waals surface area contributed by atoms with Gasteiger partial charge in [0, 0.05) is 0 Å². The van der Waals surface area contributed by atoms with Crippen molar-refractivity contribution in [1.29, 1.82) is 0 Å². The number of carboxylic acids is 1. The molecule has 0 aliphatic rings. The zero-order valence-electron chi connectivity index (χ0n) is 11.5. The minimum Gasteiger partial charge on any atom is -0.478 e. The Labute approximate surface area is 148 Å². The van der Waals surface area contributed by atoms with Crippen molar-refractivity contribution >= 4 is 48.7 Å². The number of H-pyrrole nitrogens is 2. The van der Waals surface area contributed by atoms with E-state index in [-0.39, 0.29) is 10.0 Å². The normalized spacial score (nSPS) is 10.4. The minimum atomic E-state index is -1.49. The molecule has 2 aromatic carbocycles. The third-order valence-electron chi connectivity index (χ3n) is 2.86. The third kappa shape index (κ3) is 3.88. The molecule has 0 atom stereocenters. The van der Waals surface area contributed by atoms with Crippen molar-refractivity contribution in [1.82, 2.24) is 10.2 Å². The second-order valence-electron chi connectivity index (χ2n) is 4.44. The summed E-state index contributed by atoms with van der Waals surface area (Å²) >= 11 is 5.74. The molecule has 24 heavy (non-hydrogen) atoms. The smallest absolute Gasteiger partial charge is 0.338 e. The van der Waals surface area contributed by atoms with Crippen LogP contribution in [0.25, 0.3) is 10.9 Å². The summed E-state index contributed by atoms with van der Waals surface area (Å²) in [6.07, 6.45) is 0. The highest BCUT2D eigenvalue weighted by molar-refractivity contribution is 9.10. The average Bonchev–Trinajstić information content (AvgIpc) is 2.85. The van der Waals surface area contributed by atoms with Crippen LogP contribution in [0.3, 0.4) is 0 Å². The van der Waals surface area contributed by atoms with E-state index in [4.69, 9.17) is 5.11 Å². The van der Waals surface area contributed by atoms with Crippen LogP contribution in [0.4, 0.5) is 13.2 Å². The maximum absolute atomic E-state index is 12.9. The van der Waals surface area contributed by atoms with Gasteiger partial charge in [-0.05, 0) is 56.1 Å². The van der Waals surface area contributed by atoms with Gasteiger partial charge in [0.05, 0.1) is 25.4 Å². The molecule has 0 saturated carbocycles. The van der Waals surface area contributed by atoms with Gasteiger partial charge in [0.1, 0.15) is 17.5 Å². The second kappa shape index (κ2) is 7.22. The van der Waals surface area contributed by atoms with Crippen LogP contribution in [0.2, 0.25) is 0 Å². The molecule has 5 nitrogen and oxygen atoms in total. The molecule has 3 rings (SSSR count). The number of hydrogen-bond donors (Lipinski definition) is 3. The summed E-state index contributed by atoms with van der Waals surface area (Å²) in [5.41, 5.74) is -0.389. The van der Waals surface area contributed by atoms with E-state index in [0.29, 0.717) is 21.4 Å². The van der Waals surface area contributed by atoms with E-state index in [9.17, 15) is 22.8 Å². The number of aromatic carboxylic acids is 1. The van der Waals surface area contributed by atoms with Gasteiger partial charge < -0.3 is 5.11 Å². The molecule has 10 heteroatoms. The van der Waals surface area contributed by atoms with Gasteiger partial charge in [-0.25, -0.2) is 18.0 Å². The molecule has 0 bridgehead atoms. The Morgan fingerprint density at radius 3 is 2.12 bits per heavy atom. The summed E-state index contributed by atoms with van der Waals surface area (Å²) in [6.45, 7) is 0. The number of carboxylic acid groups (broad SMARTS) is 1. The second-order valence-corrected chi connectivity index (χ2v) is 6.15. The Hall–Kier alpha value is -2.07. The number of aromatic nitrogens is 2.